The summed E-state index contributed by atoms with van der Waals surface area (Å²) < 4.78 is 59.3. The molecule has 9 heteroatoms. The van der Waals surface area contributed by atoms with Gasteiger partial charge in [0.2, 0.25) is 10.0 Å². The Labute approximate surface area is 162 Å². The topological polar surface area (TPSA) is 66.9 Å². The van der Waals surface area contributed by atoms with Crippen molar-refractivity contribution in [3.63, 3.8) is 0 Å². The molecule has 2 aromatic rings. The van der Waals surface area contributed by atoms with Gasteiger partial charge in [0.05, 0.1) is 0 Å². The highest BCUT2D eigenvalue weighted by Crippen LogP contribution is 2.23. The van der Waals surface area contributed by atoms with Gasteiger partial charge in [0.15, 0.2) is 11.5 Å². The largest absolute Gasteiger partial charge is 0.484 e. The van der Waals surface area contributed by atoms with Crippen molar-refractivity contribution >= 4 is 15.9 Å². The minimum absolute atomic E-state index is 0.0493. The van der Waals surface area contributed by atoms with E-state index < -0.39 is 26.6 Å². The number of nitrogens with zero attached hydrogens (tertiary/aromatic N) is 2. The average molecular weight is 410 g/mol. The van der Waals surface area contributed by atoms with Gasteiger partial charge in [0.25, 0.3) is 5.91 Å². The van der Waals surface area contributed by atoms with Crippen LogP contribution in [0.4, 0.5) is 8.78 Å². The Morgan fingerprint density at radius 1 is 1.04 bits per heavy atom. The van der Waals surface area contributed by atoms with Crippen LogP contribution in [0.5, 0.6) is 5.75 Å². The number of amides is 1. The Bertz CT molecular complexity index is 953. The summed E-state index contributed by atoms with van der Waals surface area (Å²) in [6.45, 7) is 1.88. The van der Waals surface area contributed by atoms with Gasteiger partial charge >= 0.3 is 0 Å². The Balaban J connectivity index is 1.60. The maximum Gasteiger partial charge on any atom is 0.260 e. The van der Waals surface area contributed by atoms with E-state index in [-0.39, 0.29) is 38.7 Å². The fraction of sp³-hybridized carbons (Fsp3) is 0.316. The summed E-state index contributed by atoms with van der Waals surface area (Å²) in [6.07, 6.45) is 0. The van der Waals surface area contributed by atoms with Crippen LogP contribution < -0.4 is 4.74 Å². The first-order valence-corrected chi connectivity index (χ1v) is 10.1. The fourth-order valence-corrected chi connectivity index (χ4v) is 4.51. The van der Waals surface area contributed by atoms with Crippen molar-refractivity contribution in [1.29, 1.82) is 0 Å². The van der Waals surface area contributed by atoms with E-state index >= 15 is 0 Å². The smallest absolute Gasteiger partial charge is 0.260 e. The first kappa shape index (κ1) is 20.2. The maximum atomic E-state index is 13.9. The molecule has 0 saturated carbocycles. The highest BCUT2D eigenvalue weighted by atomic mass is 32.2. The number of halogens is 2. The molecule has 0 bridgehead atoms. The van der Waals surface area contributed by atoms with Crippen molar-refractivity contribution in [2.75, 3.05) is 32.8 Å². The van der Waals surface area contributed by atoms with E-state index in [0.717, 1.165) is 28.1 Å². The Hall–Kier alpha value is -2.52. The monoisotopic (exact) mass is 410 g/mol. The highest BCUT2D eigenvalue weighted by Gasteiger charge is 2.34. The molecule has 0 N–H and O–H groups in total. The lowest BCUT2D eigenvalue weighted by Gasteiger charge is -2.34. The lowest BCUT2D eigenvalue weighted by molar-refractivity contribution is -0.134. The molecule has 0 spiro atoms. The number of aryl methyl sites for hydroxylation is 1. The average Bonchev–Trinajstić information content (AvgIpc) is 2.66. The molecule has 28 heavy (non-hydrogen) atoms. The van der Waals surface area contributed by atoms with E-state index in [9.17, 15) is 22.0 Å². The van der Waals surface area contributed by atoms with Crippen LogP contribution in [0, 0.1) is 18.6 Å². The van der Waals surface area contributed by atoms with Gasteiger partial charge in [-0.3, -0.25) is 4.79 Å². The van der Waals surface area contributed by atoms with E-state index in [2.05, 4.69) is 0 Å². The van der Waals surface area contributed by atoms with Crippen molar-refractivity contribution in [2.24, 2.45) is 0 Å². The molecule has 2 aromatic carbocycles. The number of sulfonamides is 1. The number of hydrogen-bond acceptors (Lipinski definition) is 4. The van der Waals surface area contributed by atoms with Gasteiger partial charge in [-0.1, -0.05) is 18.2 Å². The van der Waals surface area contributed by atoms with E-state index in [1.807, 2.05) is 19.1 Å². The van der Waals surface area contributed by atoms with Gasteiger partial charge in [0, 0.05) is 26.2 Å². The normalized spacial score (nSPS) is 15.5. The van der Waals surface area contributed by atoms with Crippen LogP contribution in [0.3, 0.4) is 0 Å². The van der Waals surface area contributed by atoms with Gasteiger partial charge in [0.1, 0.15) is 17.4 Å². The molecule has 1 heterocycles. The van der Waals surface area contributed by atoms with Gasteiger partial charge in [-0.25, -0.2) is 17.2 Å². The minimum Gasteiger partial charge on any atom is -0.484 e. The predicted octanol–water partition coefficient (Wildman–Crippen LogP) is 2.19. The molecule has 150 valence electrons. The summed E-state index contributed by atoms with van der Waals surface area (Å²) in [5, 5.41) is 0. The van der Waals surface area contributed by atoms with E-state index in [1.54, 1.807) is 12.1 Å². The standard InChI is InChI=1S/C19H20F2N2O4S/c1-14-4-2-5-15(12-14)27-13-18(24)22-8-10-23(11-9-22)28(25,26)19-16(20)6-3-7-17(19)21/h2-7,12H,8-11,13H2,1H3. The van der Waals surface area contributed by atoms with E-state index in [4.69, 9.17) is 4.74 Å². The summed E-state index contributed by atoms with van der Waals surface area (Å²) in [4.78, 5) is 12.8. The molecular weight excluding hydrogens is 390 g/mol. The zero-order chi connectivity index (χ0) is 20.3. The number of benzene rings is 2. The molecule has 0 aliphatic carbocycles. The zero-order valence-electron chi connectivity index (χ0n) is 15.3. The molecule has 0 radical (unpaired) electrons. The zero-order valence-corrected chi connectivity index (χ0v) is 16.1. The highest BCUT2D eigenvalue weighted by molar-refractivity contribution is 7.89. The quantitative estimate of drug-likeness (QED) is 0.758. The van der Waals surface area contributed by atoms with Crippen molar-refractivity contribution in [3.8, 4) is 5.75 Å². The molecule has 1 fully saturated rings. The third-order valence-corrected chi connectivity index (χ3v) is 6.41. The van der Waals surface area contributed by atoms with Gasteiger partial charge in [-0.05, 0) is 36.8 Å². The number of ether oxygens (including phenoxy) is 1. The second kappa shape index (κ2) is 8.24. The lowest BCUT2D eigenvalue weighted by atomic mass is 10.2. The van der Waals surface area contributed by atoms with Crippen LogP contribution in [0.15, 0.2) is 47.4 Å². The van der Waals surface area contributed by atoms with E-state index in [1.165, 1.54) is 4.90 Å². The van der Waals surface area contributed by atoms with Crippen LogP contribution in [-0.4, -0.2) is 56.3 Å². The summed E-state index contributed by atoms with van der Waals surface area (Å²) in [5.74, 6) is -1.98. The number of hydrogen-bond donors (Lipinski definition) is 0. The Morgan fingerprint density at radius 2 is 1.64 bits per heavy atom. The van der Waals surface area contributed by atoms with Gasteiger partial charge in [-0.15, -0.1) is 0 Å². The van der Waals surface area contributed by atoms with Gasteiger partial charge in [-0.2, -0.15) is 4.31 Å². The molecule has 0 atom stereocenters. The number of piperazine rings is 1. The molecule has 1 aliphatic rings. The summed E-state index contributed by atoms with van der Waals surface area (Å²) in [7, 11) is -4.32. The molecular formula is C19H20F2N2O4S. The first-order chi connectivity index (χ1) is 13.3. The molecule has 6 nitrogen and oxygen atoms in total. The second-order valence-corrected chi connectivity index (χ2v) is 8.32. The maximum absolute atomic E-state index is 13.9. The third-order valence-electron chi connectivity index (χ3n) is 4.46. The third kappa shape index (κ3) is 4.31. The number of rotatable bonds is 5. The predicted molar refractivity (Wildman–Crippen MR) is 98.4 cm³/mol. The molecule has 0 unspecified atom stereocenters. The summed E-state index contributed by atoms with van der Waals surface area (Å²) >= 11 is 0. The molecule has 1 saturated heterocycles. The van der Waals surface area contributed by atoms with Crippen molar-refractivity contribution in [3.05, 3.63) is 59.7 Å². The fourth-order valence-electron chi connectivity index (χ4n) is 2.98. The first-order valence-electron chi connectivity index (χ1n) is 8.70. The molecule has 1 amide bonds. The van der Waals surface area contributed by atoms with Crippen molar-refractivity contribution in [2.45, 2.75) is 11.8 Å². The summed E-state index contributed by atoms with van der Waals surface area (Å²) in [5.41, 5.74) is 1.00. The Kier molecular flexibility index (Phi) is 5.95. The van der Waals surface area contributed by atoms with Gasteiger partial charge < -0.3 is 9.64 Å². The van der Waals surface area contributed by atoms with Crippen LogP contribution in [0.2, 0.25) is 0 Å². The van der Waals surface area contributed by atoms with Crippen LogP contribution in [0.1, 0.15) is 5.56 Å². The number of carbonyl (C=O) groups is 1. The SMILES string of the molecule is Cc1cccc(OCC(=O)N2CCN(S(=O)(=O)c3c(F)cccc3F)CC2)c1. The van der Waals surface area contributed by atoms with E-state index in [0.29, 0.717) is 5.75 Å². The molecule has 3 rings (SSSR count). The Morgan fingerprint density at radius 3 is 2.25 bits per heavy atom. The molecule has 1 aliphatic heterocycles. The lowest BCUT2D eigenvalue weighted by Crippen LogP contribution is -2.51. The minimum atomic E-state index is -4.32. The van der Waals surface area contributed by atoms with Crippen LogP contribution in [0.25, 0.3) is 0 Å². The van der Waals surface area contributed by atoms with Crippen LogP contribution >= 0.6 is 0 Å². The van der Waals surface area contributed by atoms with Crippen LogP contribution in [-0.2, 0) is 14.8 Å². The summed E-state index contributed by atoms with van der Waals surface area (Å²) in [6, 6.07) is 10.2. The molecule has 0 aromatic heterocycles. The van der Waals surface area contributed by atoms with Crippen molar-refractivity contribution < 1.29 is 26.7 Å². The number of carbonyl (C=O) groups excluding carboxylic acids is 1. The van der Waals surface area contributed by atoms with Crippen molar-refractivity contribution in [1.82, 2.24) is 9.21 Å². The second-order valence-electron chi connectivity index (χ2n) is 6.44.